The number of morpholine rings is 1. The van der Waals surface area contributed by atoms with E-state index in [1.54, 1.807) is 38.5 Å². The predicted molar refractivity (Wildman–Crippen MR) is 114 cm³/mol. The van der Waals surface area contributed by atoms with Crippen molar-refractivity contribution < 1.29 is 23.4 Å². The van der Waals surface area contributed by atoms with E-state index >= 15 is 0 Å². The molecule has 0 N–H and O–H groups in total. The molecule has 0 saturated carbocycles. The largest absolute Gasteiger partial charge is 0.493 e. The van der Waals surface area contributed by atoms with E-state index in [2.05, 4.69) is 4.90 Å². The fourth-order valence-electron chi connectivity index (χ4n) is 3.53. The number of benzene rings is 2. The minimum absolute atomic E-state index is 0.191. The molecular weight excluding hydrogens is 386 g/mol. The Balaban J connectivity index is 1.71. The van der Waals surface area contributed by atoms with Gasteiger partial charge in [-0.2, -0.15) is 0 Å². The Kier molecular flexibility index (Phi) is 6.21. The average molecular weight is 411 g/mol. The smallest absolute Gasteiger partial charge is 0.235 e. The van der Waals surface area contributed by atoms with Gasteiger partial charge in [-0.3, -0.25) is 9.69 Å². The maximum atomic E-state index is 13.2. The van der Waals surface area contributed by atoms with Crippen LogP contribution in [0.25, 0.3) is 22.3 Å². The lowest BCUT2D eigenvalue weighted by atomic mass is 10.1. The fourth-order valence-corrected chi connectivity index (χ4v) is 3.53. The topological polar surface area (TPSA) is 70.4 Å². The van der Waals surface area contributed by atoms with Crippen molar-refractivity contribution in [1.82, 2.24) is 4.90 Å². The van der Waals surface area contributed by atoms with Gasteiger partial charge in [0.2, 0.25) is 11.2 Å². The van der Waals surface area contributed by atoms with Gasteiger partial charge in [0, 0.05) is 25.2 Å². The van der Waals surface area contributed by atoms with Crippen LogP contribution in [-0.2, 0) is 4.74 Å². The zero-order valence-electron chi connectivity index (χ0n) is 17.2. The lowest BCUT2D eigenvalue weighted by Crippen LogP contribution is -2.38. The van der Waals surface area contributed by atoms with Crippen molar-refractivity contribution in [3.8, 4) is 28.6 Å². The normalized spacial score (nSPS) is 14.6. The van der Waals surface area contributed by atoms with Crippen molar-refractivity contribution in [3.63, 3.8) is 0 Å². The Bertz CT molecular complexity index is 1070. The Morgan fingerprint density at radius 2 is 1.77 bits per heavy atom. The number of fused-ring (bicyclic) bond motifs is 1. The number of rotatable bonds is 7. The molecule has 1 aliphatic rings. The third kappa shape index (κ3) is 4.13. The summed E-state index contributed by atoms with van der Waals surface area (Å²) in [4.78, 5) is 15.5. The second-order valence-electron chi connectivity index (χ2n) is 6.96. The first-order valence-corrected chi connectivity index (χ1v) is 9.92. The molecule has 0 atom stereocenters. The van der Waals surface area contributed by atoms with Crippen molar-refractivity contribution in [3.05, 3.63) is 52.7 Å². The van der Waals surface area contributed by atoms with E-state index in [4.69, 9.17) is 23.4 Å². The van der Waals surface area contributed by atoms with E-state index in [9.17, 15) is 4.79 Å². The van der Waals surface area contributed by atoms with Crippen LogP contribution in [0.2, 0.25) is 0 Å². The fraction of sp³-hybridized carbons (Fsp3) is 0.348. The molecule has 0 bridgehead atoms. The summed E-state index contributed by atoms with van der Waals surface area (Å²) in [6.45, 7) is 4.24. The summed E-state index contributed by atoms with van der Waals surface area (Å²) in [7, 11) is 3.14. The molecular formula is C23H25NO6. The summed E-state index contributed by atoms with van der Waals surface area (Å²) in [5, 5.41) is 0.489. The monoisotopic (exact) mass is 411 g/mol. The Morgan fingerprint density at radius 3 is 2.53 bits per heavy atom. The van der Waals surface area contributed by atoms with Crippen molar-refractivity contribution >= 4 is 11.0 Å². The van der Waals surface area contributed by atoms with Gasteiger partial charge in [-0.05, 0) is 30.3 Å². The second kappa shape index (κ2) is 9.19. The molecule has 0 aliphatic carbocycles. The second-order valence-corrected chi connectivity index (χ2v) is 6.96. The van der Waals surface area contributed by atoms with Gasteiger partial charge in [0.05, 0.1) is 32.8 Å². The first-order chi connectivity index (χ1) is 14.7. The van der Waals surface area contributed by atoms with Crippen molar-refractivity contribution in [2.24, 2.45) is 0 Å². The van der Waals surface area contributed by atoms with Gasteiger partial charge in [0.25, 0.3) is 0 Å². The maximum absolute atomic E-state index is 13.2. The van der Waals surface area contributed by atoms with Crippen molar-refractivity contribution in [2.75, 3.05) is 53.7 Å². The van der Waals surface area contributed by atoms with Crippen LogP contribution >= 0.6 is 0 Å². The molecule has 2 heterocycles. The molecule has 7 heteroatoms. The van der Waals surface area contributed by atoms with Gasteiger partial charge < -0.3 is 23.4 Å². The quantitative estimate of drug-likeness (QED) is 0.591. The first kappa shape index (κ1) is 20.3. The zero-order chi connectivity index (χ0) is 20.9. The van der Waals surface area contributed by atoms with Crippen LogP contribution in [-0.4, -0.2) is 58.6 Å². The SMILES string of the molecule is COc1ccc(-c2oc3ccccc3c(=O)c2OCCN2CCOCC2)cc1OC. The summed E-state index contributed by atoms with van der Waals surface area (Å²) < 4.78 is 28.2. The van der Waals surface area contributed by atoms with Crippen LogP contribution in [0, 0.1) is 0 Å². The number of para-hydroxylation sites is 1. The van der Waals surface area contributed by atoms with Crippen LogP contribution in [0.1, 0.15) is 0 Å². The van der Waals surface area contributed by atoms with Crippen LogP contribution in [0.5, 0.6) is 17.2 Å². The van der Waals surface area contributed by atoms with Crippen LogP contribution in [0.4, 0.5) is 0 Å². The van der Waals surface area contributed by atoms with E-state index in [1.807, 2.05) is 18.2 Å². The molecule has 4 rings (SSSR count). The maximum Gasteiger partial charge on any atom is 0.235 e. The molecule has 1 aromatic heterocycles. The third-order valence-electron chi connectivity index (χ3n) is 5.16. The van der Waals surface area contributed by atoms with Gasteiger partial charge >= 0.3 is 0 Å². The Hall–Kier alpha value is -3.03. The lowest BCUT2D eigenvalue weighted by Gasteiger charge is -2.26. The van der Waals surface area contributed by atoms with Gasteiger partial charge in [-0.15, -0.1) is 0 Å². The van der Waals surface area contributed by atoms with Crippen LogP contribution in [0.3, 0.4) is 0 Å². The van der Waals surface area contributed by atoms with Crippen LogP contribution in [0.15, 0.2) is 51.7 Å². The van der Waals surface area contributed by atoms with Gasteiger partial charge in [0.15, 0.2) is 17.3 Å². The van der Waals surface area contributed by atoms with Crippen molar-refractivity contribution in [1.29, 1.82) is 0 Å². The van der Waals surface area contributed by atoms with E-state index in [1.165, 1.54) is 0 Å². The van der Waals surface area contributed by atoms with Gasteiger partial charge in [-0.25, -0.2) is 0 Å². The molecule has 0 spiro atoms. The lowest BCUT2D eigenvalue weighted by molar-refractivity contribution is 0.0321. The Labute approximate surface area is 174 Å². The number of hydrogen-bond acceptors (Lipinski definition) is 7. The molecule has 30 heavy (non-hydrogen) atoms. The summed E-state index contributed by atoms with van der Waals surface area (Å²) in [5.74, 6) is 1.72. The van der Waals surface area contributed by atoms with Crippen LogP contribution < -0.4 is 19.6 Å². The van der Waals surface area contributed by atoms with E-state index in [0.717, 1.165) is 26.3 Å². The first-order valence-electron chi connectivity index (χ1n) is 9.92. The molecule has 1 saturated heterocycles. The average Bonchev–Trinajstić information content (AvgIpc) is 2.80. The predicted octanol–water partition coefficient (Wildman–Crippen LogP) is 3.19. The summed E-state index contributed by atoms with van der Waals surface area (Å²) >= 11 is 0. The molecule has 2 aromatic carbocycles. The van der Waals surface area contributed by atoms with Crippen molar-refractivity contribution in [2.45, 2.75) is 0 Å². The number of methoxy groups -OCH3 is 2. The van der Waals surface area contributed by atoms with Gasteiger partial charge in [-0.1, -0.05) is 12.1 Å². The third-order valence-corrected chi connectivity index (χ3v) is 5.16. The highest BCUT2D eigenvalue weighted by atomic mass is 16.5. The standard InChI is InChI=1S/C23H25NO6/c1-26-19-8-7-16(15-20(19)27-2)22-23(29-14-11-24-9-12-28-13-10-24)21(25)17-5-3-4-6-18(17)30-22/h3-8,15H,9-14H2,1-2H3. The minimum atomic E-state index is -0.191. The number of nitrogens with zero attached hydrogens (tertiary/aromatic N) is 1. The molecule has 7 nitrogen and oxygen atoms in total. The molecule has 3 aromatic rings. The van der Waals surface area contributed by atoms with E-state index < -0.39 is 0 Å². The summed E-state index contributed by atoms with van der Waals surface area (Å²) in [5.41, 5.74) is 0.994. The highest BCUT2D eigenvalue weighted by molar-refractivity contribution is 5.82. The summed E-state index contributed by atoms with van der Waals surface area (Å²) in [6.07, 6.45) is 0. The van der Waals surface area contributed by atoms with Gasteiger partial charge in [0.1, 0.15) is 12.2 Å². The Morgan fingerprint density at radius 1 is 1.00 bits per heavy atom. The summed E-state index contributed by atoms with van der Waals surface area (Å²) in [6, 6.07) is 12.5. The molecule has 0 unspecified atom stereocenters. The molecule has 1 fully saturated rings. The number of hydrogen-bond donors (Lipinski definition) is 0. The molecule has 0 amide bonds. The highest BCUT2D eigenvalue weighted by Crippen LogP contribution is 2.36. The molecule has 158 valence electrons. The molecule has 1 aliphatic heterocycles. The number of ether oxygens (including phenoxy) is 4. The zero-order valence-corrected chi connectivity index (χ0v) is 17.2. The van der Waals surface area contributed by atoms with E-state index in [-0.39, 0.29) is 11.2 Å². The minimum Gasteiger partial charge on any atom is -0.493 e. The highest BCUT2D eigenvalue weighted by Gasteiger charge is 2.20. The molecule has 0 radical (unpaired) electrons. The van der Waals surface area contributed by atoms with E-state index in [0.29, 0.717) is 46.9 Å².